The lowest BCUT2D eigenvalue weighted by Gasteiger charge is -2.11. The first kappa shape index (κ1) is 12.5. The molecule has 0 unspecified atom stereocenters. The average Bonchev–Trinajstić information content (AvgIpc) is 2.55. The topological polar surface area (TPSA) is 12.9 Å². The third-order valence-corrected chi connectivity index (χ3v) is 4.59. The molecule has 1 nitrogen and oxygen atoms in total. The first-order valence-electron chi connectivity index (χ1n) is 6.86. The lowest BCUT2D eigenvalue weighted by atomic mass is 9.98. The van der Waals surface area contributed by atoms with Gasteiger partial charge in [0, 0.05) is 21.6 Å². The summed E-state index contributed by atoms with van der Waals surface area (Å²) in [7, 11) is 0. The zero-order valence-electron chi connectivity index (χ0n) is 11.3. The Kier molecular flexibility index (Phi) is 2.97. The fraction of sp³-hybridized carbons (Fsp3) is 0. The van der Waals surface area contributed by atoms with Crippen LogP contribution < -0.4 is 0 Å². The van der Waals surface area contributed by atoms with Gasteiger partial charge in [-0.1, -0.05) is 48.5 Å². The van der Waals surface area contributed by atoms with Gasteiger partial charge in [-0.25, -0.2) is 0 Å². The Labute approximate surface area is 131 Å². The van der Waals surface area contributed by atoms with E-state index in [1.807, 2.05) is 18.3 Å². The van der Waals surface area contributed by atoms with Gasteiger partial charge in [-0.2, -0.15) is 0 Å². The van der Waals surface area contributed by atoms with Crippen LogP contribution in [0.15, 0.2) is 77.4 Å². The van der Waals surface area contributed by atoms with E-state index in [4.69, 9.17) is 0 Å². The summed E-state index contributed by atoms with van der Waals surface area (Å²) in [5.74, 6) is 0. The second-order valence-electron chi connectivity index (χ2n) is 5.03. The smallest absolute Gasteiger partial charge is 0.0708 e. The van der Waals surface area contributed by atoms with Crippen LogP contribution in [0.1, 0.15) is 0 Å². The molecule has 4 aromatic rings. The summed E-state index contributed by atoms with van der Waals surface area (Å²) in [4.78, 5) is 4.50. The molecule has 0 N–H and O–H groups in total. The van der Waals surface area contributed by atoms with Crippen LogP contribution in [0.3, 0.4) is 0 Å². The van der Waals surface area contributed by atoms with E-state index < -0.39 is 0 Å². The molecule has 0 amide bonds. The lowest BCUT2D eigenvalue weighted by molar-refractivity contribution is 1.33. The minimum Gasteiger partial charge on any atom is -0.256 e. The highest BCUT2D eigenvalue weighted by Gasteiger charge is 2.10. The van der Waals surface area contributed by atoms with Crippen LogP contribution in [0.5, 0.6) is 0 Å². The van der Waals surface area contributed by atoms with E-state index in [1.165, 1.54) is 21.5 Å². The largest absolute Gasteiger partial charge is 0.256 e. The van der Waals surface area contributed by atoms with Crippen molar-refractivity contribution in [2.75, 3.05) is 0 Å². The van der Waals surface area contributed by atoms with Gasteiger partial charge in [0.25, 0.3) is 0 Å². The maximum Gasteiger partial charge on any atom is 0.0708 e. The average molecular weight is 334 g/mol. The summed E-state index contributed by atoms with van der Waals surface area (Å²) in [5.41, 5.74) is 2.16. The van der Waals surface area contributed by atoms with E-state index in [-0.39, 0.29) is 0 Å². The van der Waals surface area contributed by atoms with Crippen molar-refractivity contribution in [1.82, 2.24) is 4.98 Å². The van der Waals surface area contributed by atoms with Crippen molar-refractivity contribution >= 4 is 37.5 Å². The molecule has 0 aliphatic heterocycles. The molecular formula is C19H12BrN. The van der Waals surface area contributed by atoms with Gasteiger partial charge in [0.05, 0.1) is 5.69 Å². The number of pyridine rings is 1. The van der Waals surface area contributed by atoms with Crippen molar-refractivity contribution in [2.24, 2.45) is 0 Å². The lowest BCUT2D eigenvalue weighted by Crippen LogP contribution is -1.87. The number of rotatable bonds is 1. The van der Waals surface area contributed by atoms with Crippen LogP contribution in [-0.2, 0) is 0 Å². The summed E-state index contributed by atoms with van der Waals surface area (Å²) in [6.07, 6.45) is 1.84. The molecule has 0 atom stereocenters. The van der Waals surface area contributed by atoms with Gasteiger partial charge in [0.2, 0.25) is 0 Å². The van der Waals surface area contributed by atoms with Crippen LogP contribution in [0.2, 0.25) is 0 Å². The SMILES string of the molecule is Brc1c2ccccc2cc2cccc(-c3ccccn3)c12. The van der Waals surface area contributed by atoms with Crippen LogP contribution >= 0.6 is 15.9 Å². The molecule has 21 heavy (non-hydrogen) atoms. The predicted octanol–water partition coefficient (Wildman–Crippen LogP) is 5.82. The molecule has 0 aliphatic carbocycles. The fourth-order valence-corrected chi connectivity index (χ4v) is 3.60. The van der Waals surface area contributed by atoms with E-state index in [0.717, 1.165) is 15.7 Å². The van der Waals surface area contributed by atoms with Gasteiger partial charge in [0.15, 0.2) is 0 Å². The molecule has 0 radical (unpaired) electrons. The molecule has 0 spiro atoms. The van der Waals surface area contributed by atoms with E-state index in [2.05, 4.69) is 75.5 Å². The van der Waals surface area contributed by atoms with Crippen molar-refractivity contribution in [3.63, 3.8) is 0 Å². The number of benzene rings is 3. The normalized spacial score (nSPS) is 11.1. The van der Waals surface area contributed by atoms with Crippen LogP contribution in [0.25, 0.3) is 32.8 Å². The maximum absolute atomic E-state index is 4.50. The molecular weight excluding hydrogens is 322 g/mol. The standard InChI is InChI=1S/C19H12BrN/c20-19-15-8-2-1-6-13(15)12-14-7-5-9-16(18(14)19)17-10-3-4-11-21-17/h1-12H. The molecule has 1 aromatic heterocycles. The van der Waals surface area contributed by atoms with Gasteiger partial charge in [-0.3, -0.25) is 4.98 Å². The van der Waals surface area contributed by atoms with E-state index >= 15 is 0 Å². The monoisotopic (exact) mass is 333 g/mol. The highest BCUT2D eigenvalue weighted by molar-refractivity contribution is 9.10. The Hall–Kier alpha value is -2.19. The second-order valence-corrected chi connectivity index (χ2v) is 5.82. The number of aromatic nitrogens is 1. The zero-order chi connectivity index (χ0) is 14.2. The fourth-order valence-electron chi connectivity index (χ4n) is 2.80. The quantitative estimate of drug-likeness (QED) is 0.400. The van der Waals surface area contributed by atoms with Crippen molar-refractivity contribution < 1.29 is 0 Å². The van der Waals surface area contributed by atoms with Gasteiger partial charge < -0.3 is 0 Å². The number of halogens is 1. The first-order chi connectivity index (χ1) is 10.3. The molecule has 1 heterocycles. The van der Waals surface area contributed by atoms with Crippen molar-refractivity contribution in [3.05, 3.63) is 77.4 Å². The van der Waals surface area contributed by atoms with Crippen molar-refractivity contribution in [2.45, 2.75) is 0 Å². The summed E-state index contributed by atoms with van der Waals surface area (Å²) < 4.78 is 1.14. The molecule has 2 heteroatoms. The second kappa shape index (κ2) is 4.97. The van der Waals surface area contributed by atoms with E-state index in [9.17, 15) is 0 Å². The third-order valence-electron chi connectivity index (χ3n) is 3.77. The molecule has 0 aliphatic rings. The summed E-state index contributed by atoms with van der Waals surface area (Å²) >= 11 is 3.80. The third kappa shape index (κ3) is 2.03. The van der Waals surface area contributed by atoms with Crippen molar-refractivity contribution in [3.8, 4) is 11.3 Å². The Morgan fingerprint density at radius 1 is 0.762 bits per heavy atom. The number of fused-ring (bicyclic) bond motifs is 2. The number of nitrogens with zero attached hydrogens (tertiary/aromatic N) is 1. The Balaban J connectivity index is 2.16. The van der Waals surface area contributed by atoms with Gasteiger partial charge in [-0.05, 0) is 50.3 Å². The predicted molar refractivity (Wildman–Crippen MR) is 92.4 cm³/mol. The summed E-state index contributed by atoms with van der Waals surface area (Å²) in [5, 5.41) is 4.92. The van der Waals surface area contributed by atoms with E-state index in [1.54, 1.807) is 0 Å². The minimum absolute atomic E-state index is 0.999. The first-order valence-corrected chi connectivity index (χ1v) is 7.65. The Morgan fingerprint density at radius 2 is 1.57 bits per heavy atom. The van der Waals surface area contributed by atoms with Crippen LogP contribution in [-0.4, -0.2) is 4.98 Å². The Morgan fingerprint density at radius 3 is 2.43 bits per heavy atom. The minimum atomic E-state index is 0.999. The van der Waals surface area contributed by atoms with Crippen molar-refractivity contribution in [1.29, 1.82) is 0 Å². The van der Waals surface area contributed by atoms with Crippen LogP contribution in [0, 0.1) is 0 Å². The molecule has 0 saturated carbocycles. The van der Waals surface area contributed by atoms with E-state index in [0.29, 0.717) is 0 Å². The maximum atomic E-state index is 4.50. The van der Waals surface area contributed by atoms with Gasteiger partial charge >= 0.3 is 0 Å². The summed E-state index contributed by atoms with van der Waals surface area (Å²) in [6.45, 7) is 0. The Bertz CT molecular complexity index is 945. The van der Waals surface area contributed by atoms with Crippen LogP contribution in [0.4, 0.5) is 0 Å². The van der Waals surface area contributed by atoms with Gasteiger partial charge in [0.1, 0.15) is 0 Å². The highest BCUT2D eigenvalue weighted by Crippen LogP contribution is 2.38. The summed E-state index contributed by atoms with van der Waals surface area (Å²) in [6, 6.07) is 23.1. The molecule has 100 valence electrons. The number of hydrogen-bond acceptors (Lipinski definition) is 1. The highest BCUT2D eigenvalue weighted by atomic mass is 79.9. The molecule has 0 saturated heterocycles. The number of hydrogen-bond donors (Lipinski definition) is 0. The molecule has 0 bridgehead atoms. The van der Waals surface area contributed by atoms with Gasteiger partial charge in [-0.15, -0.1) is 0 Å². The molecule has 3 aromatic carbocycles. The molecule has 0 fully saturated rings. The zero-order valence-corrected chi connectivity index (χ0v) is 12.8. The molecule has 4 rings (SSSR count).